The molecule has 12 rings (SSSR count). The lowest BCUT2D eigenvalue weighted by molar-refractivity contribution is -0.120. The summed E-state index contributed by atoms with van der Waals surface area (Å²) in [6.07, 6.45) is 15.3. The van der Waals surface area contributed by atoms with Crippen molar-refractivity contribution in [1.82, 2.24) is 28.5 Å². The van der Waals surface area contributed by atoms with E-state index in [1.54, 1.807) is 36.5 Å². The zero-order chi connectivity index (χ0) is 53.9. The number of halogens is 4. The summed E-state index contributed by atoms with van der Waals surface area (Å²) in [4.78, 5) is 42.9. The molecule has 2 N–H and O–H groups in total. The summed E-state index contributed by atoms with van der Waals surface area (Å²) in [6.45, 7) is 0.829. The highest BCUT2D eigenvalue weighted by molar-refractivity contribution is 7.97. The first-order chi connectivity index (χ1) is 37.9. The highest BCUT2D eigenvalue weighted by Crippen LogP contribution is 2.52. The van der Waals surface area contributed by atoms with Crippen LogP contribution in [-0.2, 0) is 49.6 Å². The summed E-state index contributed by atoms with van der Waals surface area (Å²) >= 11 is 21.7. The lowest BCUT2D eigenvalue weighted by Gasteiger charge is -2.29. The maximum atomic E-state index is 14.0. The summed E-state index contributed by atoms with van der Waals surface area (Å²) in [5, 5.41) is 1.54. The maximum Gasteiger partial charge on any atom is 0.231 e. The molecule has 16 heteroatoms. The fourth-order valence-electron chi connectivity index (χ4n) is 11.0. The first-order valence-electron chi connectivity index (χ1n) is 26.6. The van der Waals surface area contributed by atoms with Crippen LogP contribution in [0.1, 0.15) is 107 Å². The van der Waals surface area contributed by atoms with Gasteiger partial charge in [-0.2, -0.15) is 0 Å². The minimum absolute atomic E-state index is 0.0324. The second-order valence-corrected chi connectivity index (χ2v) is 23.8. The molecule has 0 bridgehead atoms. The maximum absolute atomic E-state index is 14.0. The monoisotopic (exact) mass is 1140 g/mol. The van der Waals surface area contributed by atoms with Crippen LogP contribution in [0.5, 0.6) is 0 Å². The third-order valence-corrected chi connectivity index (χ3v) is 18.3. The van der Waals surface area contributed by atoms with Crippen molar-refractivity contribution >= 4 is 81.9 Å². The van der Waals surface area contributed by atoms with Gasteiger partial charge in [-0.25, -0.2) is 14.4 Å². The Balaban J connectivity index is 0.000000166. The van der Waals surface area contributed by atoms with E-state index < -0.39 is 5.82 Å². The van der Waals surface area contributed by atoms with E-state index >= 15 is 0 Å². The van der Waals surface area contributed by atoms with Crippen LogP contribution in [0.2, 0.25) is 15.1 Å². The van der Waals surface area contributed by atoms with Crippen molar-refractivity contribution < 1.29 is 14.0 Å². The molecule has 10 nitrogen and oxygen atoms in total. The molecular weight excluding hydrogens is 1080 g/mol. The van der Waals surface area contributed by atoms with Crippen LogP contribution in [0, 0.1) is 17.7 Å². The van der Waals surface area contributed by atoms with Crippen molar-refractivity contribution in [3.05, 3.63) is 224 Å². The van der Waals surface area contributed by atoms with Crippen LogP contribution >= 0.6 is 58.7 Å². The molecule has 4 aliphatic rings. The molecule has 400 valence electrons. The third-order valence-electron chi connectivity index (χ3n) is 15.6. The molecule has 2 heterocycles. The third kappa shape index (κ3) is 12.4. The normalized spacial score (nSPS) is 19.9. The average molecular weight is 1140 g/mol. The topological polar surface area (TPSA) is 100 Å². The van der Waals surface area contributed by atoms with Gasteiger partial charge in [-0.1, -0.05) is 95.5 Å². The number of fused-ring (bicyclic) bond motifs is 2. The quantitative estimate of drug-likeness (QED) is 0.0923. The average Bonchev–Trinajstić information content (AvgIpc) is 4.46. The van der Waals surface area contributed by atoms with Gasteiger partial charge in [-0.05, 0) is 193 Å². The van der Waals surface area contributed by atoms with Crippen LogP contribution in [-0.4, -0.2) is 30.9 Å². The summed E-state index contributed by atoms with van der Waals surface area (Å²) in [5.74, 6) is 1.71. The Bertz CT molecular complexity index is 3430. The number of carbonyl (C=O) groups excluding carboxylic acids is 2. The smallest absolute Gasteiger partial charge is 0.231 e. The van der Waals surface area contributed by atoms with E-state index in [2.05, 4.69) is 80.1 Å². The molecule has 4 aliphatic carbocycles. The van der Waals surface area contributed by atoms with Crippen LogP contribution < -0.4 is 19.2 Å². The Morgan fingerprint density at radius 2 is 1.14 bits per heavy atom. The molecule has 2 aromatic heterocycles. The molecule has 6 atom stereocenters. The van der Waals surface area contributed by atoms with Crippen LogP contribution in [0.4, 0.5) is 15.8 Å². The molecule has 78 heavy (non-hydrogen) atoms. The Morgan fingerprint density at radius 1 is 0.603 bits per heavy atom. The number of aryl methyl sites for hydroxylation is 4. The predicted octanol–water partition coefficient (Wildman–Crippen LogP) is 15.0. The first kappa shape index (κ1) is 54.1. The summed E-state index contributed by atoms with van der Waals surface area (Å²) in [7, 11) is 3.92. The number of amides is 2. The number of nitrogens with one attached hydrogen (secondary N) is 2. The van der Waals surface area contributed by atoms with Crippen molar-refractivity contribution in [1.29, 1.82) is 0 Å². The van der Waals surface area contributed by atoms with Gasteiger partial charge in [0.2, 0.25) is 11.8 Å². The van der Waals surface area contributed by atoms with Crippen molar-refractivity contribution in [2.24, 2.45) is 25.9 Å². The highest BCUT2D eigenvalue weighted by atomic mass is 35.5. The first-order valence-corrected chi connectivity index (χ1v) is 29.4. The largest absolute Gasteiger partial charge is 0.337 e. The van der Waals surface area contributed by atoms with Crippen LogP contribution in [0.25, 0.3) is 0 Å². The molecule has 2 saturated carbocycles. The van der Waals surface area contributed by atoms with E-state index in [4.69, 9.17) is 34.8 Å². The van der Waals surface area contributed by atoms with Gasteiger partial charge in [0, 0.05) is 94.0 Å². The Hall–Kier alpha value is -5.90. The number of imidazole rings is 2. The molecule has 3 unspecified atom stereocenters. The van der Waals surface area contributed by atoms with Crippen LogP contribution in [0.15, 0.2) is 168 Å². The Kier molecular flexibility index (Phi) is 16.8. The lowest BCUT2D eigenvalue weighted by Crippen LogP contribution is -2.33. The van der Waals surface area contributed by atoms with E-state index in [0.717, 1.165) is 89.9 Å². The van der Waals surface area contributed by atoms with Crippen molar-refractivity contribution in [2.45, 2.75) is 98.2 Å². The number of carbonyl (C=O) groups is 2. The number of anilines is 2. The number of nitrogens with zero attached hydrogens (tertiary/aromatic N) is 6. The molecule has 2 amide bonds. The standard InChI is InChI=1S/C31H29Cl2FN4OS.C31H31ClN4OS/c1-37-14-13-35-30(37)18-38(31(39)25-17-24(25)22-6-2-3-7-26(22)32)20-10-9-19-5-4-8-29(23(19)15-20)36-40-21-11-12-28(34)27(33)16-21;1-35-17-16-33-30(35)20-36(31(37)28-19-26(28)22-10-13-23(32)14-11-22)24-15-12-21-6-5-9-29(27(21)18-24)34-38-25-7-3-2-4-8-25/h2-3,6-7,9-16,24-25,29,36H,4-5,8,17-18H2,1H3;2-4,7-8,10-18,26,28-29,34H,5-6,9,19-20H2,1H3/t;26-,28+,29-/m.1/s1. The summed E-state index contributed by atoms with van der Waals surface area (Å²) in [6, 6.07) is 44.1. The SMILES string of the molecule is Cn1ccnc1CN(C(=O)C1CC1c1ccccc1Cl)c1ccc2c(c1)C(NSc1ccc(F)c(Cl)c1)CCC2.Cn1ccnc1CN(C(=O)[C@H]1C[C@@H]1c1ccc(Cl)cc1)c1ccc2c(c1)[C@H](NSc1ccccc1)CCC2. The molecule has 0 saturated heterocycles. The minimum Gasteiger partial charge on any atom is -0.337 e. The summed E-state index contributed by atoms with van der Waals surface area (Å²) in [5.41, 5.74) is 9.12. The zero-order valence-corrected chi connectivity index (χ0v) is 47.3. The highest BCUT2D eigenvalue weighted by Gasteiger charge is 2.48. The van der Waals surface area contributed by atoms with Gasteiger partial charge in [-0.15, -0.1) is 0 Å². The van der Waals surface area contributed by atoms with Crippen molar-refractivity contribution in [2.75, 3.05) is 9.80 Å². The molecule has 0 radical (unpaired) electrons. The minimum atomic E-state index is -0.427. The molecule has 2 fully saturated rings. The fraction of sp³-hybridized carbons (Fsp3) is 0.290. The summed E-state index contributed by atoms with van der Waals surface area (Å²) < 4.78 is 24.8. The Labute approximate surface area is 479 Å². The van der Waals surface area contributed by atoms with Gasteiger partial charge in [-0.3, -0.25) is 19.0 Å². The van der Waals surface area contributed by atoms with E-state index in [1.807, 2.05) is 100 Å². The van der Waals surface area contributed by atoms with Crippen LogP contribution in [0.3, 0.4) is 0 Å². The lowest BCUT2D eigenvalue weighted by atomic mass is 9.87. The number of aromatic nitrogens is 4. The van der Waals surface area contributed by atoms with Gasteiger partial charge >= 0.3 is 0 Å². The van der Waals surface area contributed by atoms with E-state index in [-0.39, 0.29) is 52.6 Å². The molecule has 6 aromatic carbocycles. The second kappa shape index (κ2) is 24.2. The van der Waals surface area contributed by atoms with E-state index in [0.29, 0.717) is 18.1 Å². The number of hydrogen-bond donors (Lipinski definition) is 2. The molecular formula is C62H60Cl3FN8O2S2. The molecule has 0 spiro atoms. The Morgan fingerprint density at radius 3 is 1.69 bits per heavy atom. The van der Waals surface area contributed by atoms with E-state index in [1.165, 1.54) is 50.7 Å². The predicted molar refractivity (Wildman–Crippen MR) is 313 cm³/mol. The fourth-order valence-corrected chi connectivity index (χ4v) is 13.3. The molecule has 8 aromatic rings. The second-order valence-electron chi connectivity index (χ2n) is 20.7. The van der Waals surface area contributed by atoms with Crippen molar-refractivity contribution in [3.8, 4) is 0 Å². The van der Waals surface area contributed by atoms with Gasteiger partial charge < -0.3 is 18.9 Å². The van der Waals surface area contributed by atoms with Gasteiger partial charge in [0.15, 0.2) is 0 Å². The van der Waals surface area contributed by atoms with Gasteiger partial charge in [0.05, 0.1) is 18.1 Å². The van der Waals surface area contributed by atoms with E-state index in [9.17, 15) is 14.0 Å². The number of benzene rings is 6. The van der Waals surface area contributed by atoms with Gasteiger partial charge in [0.25, 0.3) is 0 Å². The number of rotatable bonds is 16. The number of hydrogen-bond acceptors (Lipinski definition) is 8. The molecule has 0 aliphatic heterocycles. The zero-order valence-electron chi connectivity index (χ0n) is 43.4. The van der Waals surface area contributed by atoms with Crippen molar-refractivity contribution in [3.63, 3.8) is 0 Å². The van der Waals surface area contributed by atoms with Gasteiger partial charge in [0.1, 0.15) is 17.5 Å².